The van der Waals surface area contributed by atoms with Gasteiger partial charge in [-0.3, -0.25) is 4.79 Å². The minimum absolute atomic E-state index is 0.0127. The van der Waals surface area contributed by atoms with E-state index in [9.17, 15) is 14.7 Å². The van der Waals surface area contributed by atoms with E-state index in [1.165, 1.54) is 0 Å². The summed E-state index contributed by atoms with van der Waals surface area (Å²) in [6, 6.07) is -0.314. The smallest absolute Gasteiger partial charge is 0.331 e. The molecular weight excluding hydrogens is 236 g/mol. The van der Waals surface area contributed by atoms with E-state index < -0.39 is 11.5 Å². The quantitative estimate of drug-likeness (QED) is 0.664. The van der Waals surface area contributed by atoms with E-state index in [2.05, 4.69) is 5.32 Å². The van der Waals surface area contributed by atoms with Crippen LogP contribution in [0.2, 0.25) is 0 Å². The van der Waals surface area contributed by atoms with Crippen LogP contribution in [0.4, 0.5) is 0 Å². The first kappa shape index (κ1) is 14.9. The van der Waals surface area contributed by atoms with E-state index in [0.717, 1.165) is 0 Å². The molecule has 0 saturated carbocycles. The maximum absolute atomic E-state index is 11.9. The standard InChI is InChI=1S/C12H22N2O4/c1-11(2,3)8(13)6-9(15)14-12(10(16)17)4-5-18-7-12/h8H,4-7,13H2,1-3H3,(H,14,15)(H,16,17). The second kappa shape index (κ2) is 5.24. The second-order valence-corrected chi connectivity index (χ2v) is 5.91. The van der Waals surface area contributed by atoms with Crippen LogP contribution in [0.25, 0.3) is 0 Å². The molecule has 0 aromatic rings. The summed E-state index contributed by atoms with van der Waals surface area (Å²) >= 11 is 0. The lowest BCUT2D eigenvalue weighted by atomic mass is 9.85. The molecule has 1 fully saturated rings. The molecule has 0 aromatic carbocycles. The largest absolute Gasteiger partial charge is 0.479 e. The lowest BCUT2D eigenvalue weighted by Crippen LogP contribution is -2.56. The maximum Gasteiger partial charge on any atom is 0.331 e. The minimum atomic E-state index is -1.28. The van der Waals surface area contributed by atoms with Crippen molar-refractivity contribution in [3.05, 3.63) is 0 Å². The van der Waals surface area contributed by atoms with Crippen molar-refractivity contribution in [3.8, 4) is 0 Å². The highest BCUT2D eigenvalue weighted by Gasteiger charge is 2.44. The third-order valence-corrected chi connectivity index (χ3v) is 3.33. The SMILES string of the molecule is CC(C)(C)C(N)CC(=O)NC1(C(=O)O)CCOC1. The van der Waals surface area contributed by atoms with Crippen LogP contribution in [-0.4, -0.2) is 41.8 Å². The summed E-state index contributed by atoms with van der Waals surface area (Å²) in [5.74, 6) is -1.40. The Labute approximate surface area is 107 Å². The summed E-state index contributed by atoms with van der Waals surface area (Å²) in [4.78, 5) is 23.1. The lowest BCUT2D eigenvalue weighted by Gasteiger charge is -2.29. The molecule has 0 aliphatic carbocycles. The molecule has 0 radical (unpaired) electrons. The average molecular weight is 258 g/mol. The molecule has 18 heavy (non-hydrogen) atoms. The van der Waals surface area contributed by atoms with Crippen LogP contribution in [0, 0.1) is 5.41 Å². The van der Waals surface area contributed by atoms with Crippen molar-refractivity contribution in [2.24, 2.45) is 11.1 Å². The number of ether oxygens (including phenoxy) is 1. The van der Waals surface area contributed by atoms with E-state index in [-0.39, 0.29) is 30.4 Å². The summed E-state index contributed by atoms with van der Waals surface area (Å²) in [5.41, 5.74) is 4.43. The van der Waals surface area contributed by atoms with Crippen molar-refractivity contribution in [2.45, 2.75) is 45.2 Å². The zero-order valence-electron chi connectivity index (χ0n) is 11.2. The number of hydrogen-bond donors (Lipinski definition) is 3. The molecule has 1 aliphatic rings. The first-order chi connectivity index (χ1) is 8.17. The van der Waals surface area contributed by atoms with Crippen LogP contribution in [-0.2, 0) is 14.3 Å². The van der Waals surface area contributed by atoms with Crippen molar-refractivity contribution in [3.63, 3.8) is 0 Å². The van der Waals surface area contributed by atoms with E-state index in [0.29, 0.717) is 13.0 Å². The van der Waals surface area contributed by atoms with Gasteiger partial charge in [0.05, 0.1) is 6.61 Å². The van der Waals surface area contributed by atoms with Crippen LogP contribution in [0.15, 0.2) is 0 Å². The minimum Gasteiger partial charge on any atom is -0.479 e. The van der Waals surface area contributed by atoms with Crippen molar-refractivity contribution < 1.29 is 19.4 Å². The van der Waals surface area contributed by atoms with Crippen molar-refractivity contribution >= 4 is 11.9 Å². The number of carbonyl (C=O) groups excluding carboxylic acids is 1. The van der Waals surface area contributed by atoms with Gasteiger partial charge in [-0.05, 0) is 5.41 Å². The molecule has 1 amide bonds. The van der Waals surface area contributed by atoms with Gasteiger partial charge in [0.15, 0.2) is 5.54 Å². The van der Waals surface area contributed by atoms with E-state index in [4.69, 9.17) is 10.5 Å². The Morgan fingerprint density at radius 3 is 2.50 bits per heavy atom. The summed E-state index contributed by atoms with van der Waals surface area (Å²) in [6.45, 7) is 6.18. The van der Waals surface area contributed by atoms with Crippen LogP contribution in [0.3, 0.4) is 0 Å². The normalized spacial score (nSPS) is 25.8. The zero-order chi connectivity index (χ0) is 14.0. The van der Waals surface area contributed by atoms with Gasteiger partial charge in [-0.1, -0.05) is 20.8 Å². The fraction of sp³-hybridized carbons (Fsp3) is 0.833. The highest BCUT2D eigenvalue weighted by molar-refractivity contribution is 5.87. The Morgan fingerprint density at radius 1 is 1.50 bits per heavy atom. The van der Waals surface area contributed by atoms with Crippen LogP contribution in [0.5, 0.6) is 0 Å². The second-order valence-electron chi connectivity index (χ2n) is 5.91. The molecule has 0 spiro atoms. The highest BCUT2D eigenvalue weighted by atomic mass is 16.5. The van der Waals surface area contributed by atoms with Gasteiger partial charge in [-0.2, -0.15) is 0 Å². The summed E-state index contributed by atoms with van der Waals surface area (Å²) in [5, 5.41) is 11.7. The Balaban J connectivity index is 2.61. The number of nitrogens with one attached hydrogen (secondary N) is 1. The van der Waals surface area contributed by atoms with Crippen molar-refractivity contribution in [1.82, 2.24) is 5.32 Å². The molecule has 4 N–H and O–H groups in total. The summed E-state index contributed by atoms with van der Waals surface area (Å²) < 4.78 is 5.07. The molecule has 0 bridgehead atoms. The van der Waals surface area contributed by atoms with Gasteiger partial charge in [0, 0.05) is 25.5 Å². The number of aliphatic carboxylic acids is 1. The zero-order valence-corrected chi connectivity index (χ0v) is 11.2. The average Bonchev–Trinajstić information content (AvgIpc) is 2.65. The first-order valence-electron chi connectivity index (χ1n) is 6.05. The maximum atomic E-state index is 11.9. The molecule has 2 atom stereocenters. The molecule has 1 saturated heterocycles. The highest BCUT2D eigenvalue weighted by Crippen LogP contribution is 2.22. The number of amides is 1. The van der Waals surface area contributed by atoms with E-state index in [1.807, 2.05) is 20.8 Å². The fourth-order valence-corrected chi connectivity index (χ4v) is 1.71. The molecule has 6 heteroatoms. The molecule has 1 aliphatic heterocycles. The Bertz CT molecular complexity index is 329. The Kier molecular flexibility index (Phi) is 4.34. The van der Waals surface area contributed by atoms with Gasteiger partial charge < -0.3 is 20.9 Å². The first-order valence-corrected chi connectivity index (χ1v) is 6.05. The van der Waals surface area contributed by atoms with Gasteiger partial charge in [-0.25, -0.2) is 4.79 Å². The molecule has 1 rings (SSSR count). The van der Waals surface area contributed by atoms with E-state index >= 15 is 0 Å². The lowest BCUT2D eigenvalue weighted by molar-refractivity contribution is -0.147. The fourth-order valence-electron chi connectivity index (χ4n) is 1.71. The number of carbonyl (C=O) groups is 2. The number of carboxylic acid groups (broad SMARTS) is 1. The van der Waals surface area contributed by atoms with Gasteiger partial charge in [0.25, 0.3) is 0 Å². The van der Waals surface area contributed by atoms with Crippen LogP contribution < -0.4 is 11.1 Å². The molecule has 104 valence electrons. The third kappa shape index (κ3) is 3.43. The third-order valence-electron chi connectivity index (χ3n) is 3.33. The summed E-state index contributed by atoms with van der Waals surface area (Å²) in [7, 11) is 0. The summed E-state index contributed by atoms with van der Waals surface area (Å²) in [6.07, 6.45) is 0.400. The van der Waals surface area contributed by atoms with E-state index in [1.54, 1.807) is 0 Å². The molecular formula is C12H22N2O4. The molecule has 0 aromatic heterocycles. The van der Waals surface area contributed by atoms with Crippen LogP contribution >= 0.6 is 0 Å². The van der Waals surface area contributed by atoms with Gasteiger partial charge >= 0.3 is 5.97 Å². The molecule has 6 nitrogen and oxygen atoms in total. The Morgan fingerprint density at radius 2 is 2.11 bits per heavy atom. The monoisotopic (exact) mass is 258 g/mol. The van der Waals surface area contributed by atoms with Gasteiger partial charge in [-0.15, -0.1) is 0 Å². The number of carboxylic acids is 1. The van der Waals surface area contributed by atoms with Gasteiger partial charge in [0.2, 0.25) is 5.91 Å². The number of nitrogens with two attached hydrogens (primary N) is 1. The topological polar surface area (TPSA) is 102 Å². The Hall–Kier alpha value is -1.14. The predicted octanol–water partition coefficient (Wildman–Crippen LogP) is 0.110. The van der Waals surface area contributed by atoms with Gasteiger partial charge in [0.1, 0.15) is 0 Å². The molecule has 1 heterocycles. The number of hydrogen-bond acceptors (Lipinski definition) is 4. The van der Waals surface area contributed by atoms with Crippen molar-refractivity contribution in [2.75, 3.05) is 13.2 Å². The van der Waals surface area contributed by atoms with Crippen molar-refractivity contribution in [1.29, 1.82) is 0 Å². The predicted molar refractivity (Wildman–Crippen MR) is 66.0 cm³/mol. The molecule has 2 unspecified atom stereocenters. The van der Waals surface area contributed by atoms with Crippen LogP contribution in [0.1, 0.15) is 33.6 Å². The number of rotatable bonds is 4.